The number of ether oxygens (including phenoxy) is 1. The Balaban J connectivity index is 0.000000184. The normalized spacial score (nSPS) is 17.4. The van der Waals surface area contributed by atoms with Gasteiger partial charge >= 0.3 is 24.3 Å². The SMILES string of the molecule is COC(=O)c1ccc2c(c1)C1(CCN(C(=O)c3ccc(C(F)(F)F)cc3)CC1)C(=O)N2.O=C(O)c1ccc2c(c1)C1(CCN(C(=O)c3ccc(C(F)(F)F)cc3)CC1)C(=O)N2. The number of carbonyl (C=O) groups is 6. The van der Waals surface area contributed by atoms with Crippen molar-refractivity contribution in [2.45, 2.75) is 48.9 Å². The van der Waals surface area contributed by atoms with Crippen molar-refractivity contribution in [2.24, 2.45) is 0 Å². The van der Waals surface area contributed by atoms with E-state index in [0.717, 1.165) is 48.5 Å². The van der Waals surface area contributed by atoms with Crippen molar-refractivity contribution in [3.05, 3.63) is 129 Å². The average Bonchev–Trinajstić information content (AvgIpc) is 3.67. The second-order valence-electron chi connectivity index (χ2n) is 15.1. The number of carboxylic acid groups (broad SMARTS) is 1. The summed E-state index contributed by atoms with van der Waals surface area (Å²) < 4.78 is 81.1. The van der Waals surface area contributed by atoms with E-state index in [0.29, 0.717) is 53.7 Å². The van der Waals surface area contributed by atoms with Crippen LogP contribution in [0.5, 0.6) is 0 Å². The Bertz CT molecular complexity index is 2430. The molecule has 4 heterocycles. The number of amides is 4. The number of methoxy groups -OCH3 is 1. The number of halogens is 6. The van der Waals surface area contributed by atoms with Crippen molar-refractivity contribution < 1.29 is 65.0 Å². The Labute approximate surface area is 343 Å². The summed E-state index contributed by atoms with van der Waals surface area (Å²) in [6, 6.07) is 17.5. The van der Waals surface area contributed by atoms with Crippen LogP contribution in [0.3, 0.4) is 0 Å². The van der Waals surface area contributed by atoms with Crippen molar-refractivity contribution >= 4 is 46.9 Å². The summed E-state index contributed by atoms with van der Waals surface area (Å²) in [4.78, 5) is 77.2. The van der Waals surface area contributed by atoms with Gasteiger partial charge in [0.05, 0.1) is 40.2 Å². The Morgan fingerprint density at radius 2 is 0.918 bits per heavy atom. The van der Waals surface area contributed by atoms with Crippen LogP contribution in [0.25, 0.3) is 0 Å². The van der Waals surface area contributed by atoms with Crippen LogP contribution in [0.4, 0.5) is 37.7 Å². The number of hydrogen-bond acceptors (Lipinski definition) is 7. The number of carbonyl (C=O) groups excluding carboxylic acids is 5. The molecule has 2 spiro atoms. The largest absolute Gasteiger partial charge is 0.478 e. The topological polar surface area (TPSA) is 162 Å². The first-order chi connectivity index (χ1) is 28.8. The Morgan fingerprint density at radius 1 is 0.574 bits per heavy atom. The zero-order valence-corrected chi connectivity index (χ0v) is 32.2. The maximum atomic E-state index is 12.8. The molecule has 8 rings (SSSR count). The third-order valence-corrected chi connectivity index (χ3v) is 11.8. The van der Waals surface area contributed by atoms with Crippen molar-refractivity contribution in [3.8, 4) is 0 Å². The third kappa shape index (κ3) is 7.89. The summed E-state index contributed by atoms with van der Waals surface area (Å²) in [7, 11) is 1.28. The lowest BCUT2D eigenvalue weighted by Crippen LogP contribution is -2.48. The van der Waals surface area contributed by atoms with Gasteiger partial charge in [0.15, 0.2) is 0 Å². The molecule has 2 saturated heterocycles. The van der Waals surface area contributed by atoms with Gasteiger partial charge in [-0.05, 0) is 122 Å². The highest BCUT2D eigenvalue weighted by atomic mass is 19.4. The fourth-order valence-corrected chi connectivity index (χ4v) is 8.35. The van der Waals surface area contributed by atoms with Crippen LogP contribution in [-0.4, -0.2) is 83.8 Å². The number of hydrogen-bond donors (Lipinski definition) is 3. The molecule has 4 amide bonds. The number of fused-ring (bicyclic) bond motifs is 4. The number of nitrogens with one attached hydrogen (secondary N) is 2. The lowest BCUT2D eigenvalue weighted by molar-refractivity contribution is -0.138. The molecular weight excluding hydrogens is 814 g/mol. The second-order valence-corrected chi connectivity index (χ2v) is 15.1. The number of alkyl halides is 6. The molecule has 0 bridgehead atoms. The Hall–Kier alpha value is -6.72. The van der Waals surface area contributed by atoms with Crippen LogP contribution < -0.4 is 10.6 Å². The molecule has 4 aliphatic heterocycles. The van der Waals surface area contributed by atoms with E-state index in [9.17, 15) is 60.2 Å². The maximum absolute atomic E-state index is 12.8. The predicted octanol–water partition coefficient (Wildman–Crippen LogP) is 7.15. The number of rotatable bonds is 4. The van der Waals surface area contributed by atoms with E-state index >= 15 is 0 Å². The summed E-state index contributed by atoms with van der Waals surface area (Å²) in [5.41, 5.74) is -0.227. The first-order valence-electron chi connectivity index (χ1n) is 18.9. The van der Waals surface area contributed by atoms with Gasteiger partial charge in [0.2, 0.25) is 11.8 Å². The molecule has 18 heteroatoms. The quantitative estimate of drug-likeness (QED) is 0.144. The molecule has 0 aliphatic carbocycles. The number of nitrogens with zero attached hydrogens (tertiary/aromatic N) is 2. The number of anilines is 2. The standard InChI is InChI=1S/C22H19F3N2O4.C21H17F3N2O4/c1-31-19(29)14-4-7-17-16(12-14)21(20(30)26-17)8-10-27(11-9-21)18(28)13-2-5-15(6-3-13)22(23,24)25;22-21(23,24)14-4-1-12(2-5-14)17(27)26-9-7-20(8-10-26)15-11-13(18(28)29)3-6-16(15)25-19(20)30/h2-7,12H,8-11H2,1H3,(H,26,30);1-6,11H,7-10H2,(H,25,30)(H,28,29). The molecule has 3 N–H and O–H groups in total. The van der Waals surface area contributed by atoms with E-state index in [1.54, 1.807) is 24.3 Å². The summed E-state index contributed by atoms with van der Waals surface area (Å²) >= 11 is 0. The van der Waals surface area contributed by atoms with E-state index in [1.165, 1.54) is 29.0 Å². The van der Waals surface area contributed by atoms with Gasteiger partial charge in [-0.15, -0.1) is 0 Å². The first-order valence-corrected chi connectivity index (χ1v) is 18.9. The van der Waals surface area contributed by atoms with E-state index in [1.807, 2.05) is 0 Å². The van der Waals surface area contributed by atoms with Gasteiger partial charge in [-0.1, -0.05) is 0 Å². The first kappa shape index (κ1) is 42.4. The minimum atomic E-state index is -4.48. The second kappa shape index (κ2) is 15.7. The van der Waals surface area contributed by atoms with Gasteiger partial charge in [-0.2, -0.15) is 26.3 Å². The molecule has 0 saturated carbocycles. The van der Waals surface area contributed by atoms with Crippen LogP contribution >= 0.6 is 0 Å². The molecule has 0 aromatic heterocycles. The highest BCUT2D eigenvalue weighted by molar-refractivity contribution is 6.08. The van der Waals surface area contributed by atoms with E-state index in [4.69, 9.17) is 4.74 Å². The molecule has 4 aromatic carbocycles. The van der Waals surface area contributed by atoms with E-state index < -0.39 is 52.2 Å². The molecule has 2 fully saturated rings. The predicted molar refractivity (Wildman–Crippen MR) is 205 cm³/mol. The van der Waals surface area contributed by atoms with Crippen molar-refractivity contribution in [1.82, 2.24) is 9.80 Å². The molecule has 4 aromatic rings. The molecule has 0 radical (unpaired) electrons. The number of piperidine rings is 2. The minimum absolute atomic E-state index is 0.0767. The summed E-state index contributed by atoms with van der Waals surface area (Å²) in [6.07, 6.45) is -7.68. The monoisotopic (exact) mass is 850 g/mol. The number of likely N-dealkylation sites (tertiary alicyclic amines) is 2. The van der Waals surface area contributed by atoms with Crippen LogP contribution in [0, 0.1) is 0 Å². The van der Waals surface area contributed by atoms with Crippen molar-refractivity contribution in [1.29, 1.82) is 0 Å². The third-order valence-electron chi connectivity index (χ3n) is 11.8. The highest BCUT2D eigenvalue weighted by Crippen LogP contribution is 2.47. The van der Waals surface area contributed by atoms with Gasteiger partial charge < -0.3 is 30.3 Å². The van der Waals surface area contributed by atoms with Crippen LogP contribution in [0.15, 0.2) is 84.9 Å². The zero-order valence-electron chi connectivity index (χ0n) is 32.2. The molecular formula is C43H36F6N4O8. The molecule has 12 nitrogen and oxygen atoms in total. The van der Waals surface area contributed by atoms with Crippen molar-refractivity contribution in [2.75, 3.05) is 43.9 Å². The fraction of sp³-hybridized carbons (Fsp3) is 0.302. The molecule has 318 valence electrons. The number of carboxylic acids is 1. The molecule has 4 aliphatic rings. The minimum Gasteiger partial charge on any atom is -0.478 e. The summed E-state index contributed by atoms with van der Waals surface area (Å²) in [6.45, 7) is 0.971. The highest BCUT2D eigenvalue weighted by Gasteiger charge is 2.50. The molecule has 61 heavy (non-hydrogen) atoms. The van der Waals surface area contributed by atoms with Gasteiger partial charge in [0.25, 0.3) is 11.8 Å². The zero-order chi connectivity index (χ0) is 44.1. The lowest BCUT2D eigenvalue weighted by atomic mass is 9.73. The van der Waals surface area contributed by atoms with Crippen LogP contribution in [0.2, 0.25) is 0 Å². The molecule has 0 unspecified atom stereocenters. The Kier molecular flexibility index (Phi) is 10.9. The maximum Gasteiger partial charge on any atom is 0.416 e. The van der Waals surface area contributed by atoms with E-state index in [-0.39, 0.29) is 60.6 Å². The fourth-order valence-electron chi connectivity index (χ4n) is 8.35. The lowest BCUT2D eigenvalue weighted by Gasteiger charge is -2.38. The van der Waals surface area contributed by atoms with Gasteiger partial charge in [-0.25, -0.2) is 9.59 Å². The van der Waals surface area contributed by atoms with E-state index in [2.05, 4.69) is 10.6 Å². The number of benzene rings is 4. The number of esters is 1. The smallest absolute Gasteiger partial charge is 0.416 e. The van der Waals surface area contributed by atoms with Gasteiger partial charge in [-0.3, -0.25) is 19.2 Å². The molecule has 0 atom stereocenters. The van der Waals surface area contributed by atoms with Gasteiger partial charge in [0.1, 0.15) is 0 Å². The average molecular weight is 851 g/mol. The van der Waals surface area contributed by atoms with Crippen LogP contribution in [0.1, 0.15) is 89.4 Å². The summed E-state index contributed by atoms with van der Waals surface area (Å²) in [5.74, 6) is -2.82. The van der Waals surface area contributed by atoms with Crippen molar-refractivity contribution in [3.63, 3.8) is 0 Å². The van der Waals surface area contributed by atoms with Gasteiger partial charge in [0, 0.05) is 48.7 Å². The van der Waals surface area contributed by atoms with Crippen LogP contribution in [-0.2, 0) is 37.5 Å². The Morgan fingerprint density at radius 3 is 1.26 bits per heavy atom. The summed E-state index contributed by atoms with van der Waals surface area (Å²) in [5, 5.41) is 14.9. The number of aromatic carboxylic acids is 1.